The Labute approximate surface area is 167 Å². The van der Waals surface area contributed by atoms with Crippen LogP contribution in [-0.4, -0.2) is 31.5 Å². The third-order valence-corrected chi connectivity index (χ3v) is 5.02. The monoisotopic (exact) mass is 410 g/mol. The molecule has 3 rings (SSSR count). The van der Waals surface area contributed by atoms with E-state index in [0.29, 0.717) is 5.75 Å². The van der Waals surface area contributed by atoms with Gasteiger partial charge in [-0.05, 0) is 47.5 Å². The summed E-state index contributed by atoms with van der Waals surface area (Å²) in [7, 11) is -3.69. The fraction of sp³-hybridized carbons (Fsp3) is 0.0500. The predicted molar refractivity (Wildman–Crippen MR) is 109 cm³/mol. The highest BCUT2D eigenvalue weighted by atomic mass is 32.2. The van der Waals surface area contributed by atoms with Crippen molar-refractivity contribution in [2.45, 2.75) is 4.90 Å². The second-order valence-corrected chi connectivity index (χ2v) is 8.13. The van der Waals surface area contributed by atoms with Gasteiger partial charge in [0.05, 0.1) is 0 Å². The summed E-state index contributed by atoms with van der Waals surface area (Å²) in [5, 5.41) is 0. The predicted octanol–water partition coefficient (Wildman–Crippen LogP) is 2.36. The Morgan fingerprint density at radius 3 is 2.34 bits per heavy atom. The molecule has 29 heavy (non-hydrogen) atoms. The maximum Gasteiger partial charge on any atom is 0.280 e. The number of benzene rings is 2. The first kappa shape index (κ1) is 20.0. The van der Waals surface area contributed by atoms with Gasteiger partial charge in [0.15, 0.2) is 15.8 Å². The highest BCUT2D eigenvalue weighted by molar-refractivity contribution is 7.90. The average Bonchev–Trinajstić information content (AvgIpc) is 2.68. The third-order valence-electron chi connectivity index (χ3n) is 3.90. The van der Waals surface area contributed by atoms with Gasteiger partial charge in [0.25, 0.3) is 5.91 Å². The molecular weight excluding hydrogens is 392 g/mol. The van der Waals surface area contributed by atoms with Crippen LogP contribution < -0.4 is 16.2 Å². The smallest absolute Gasteiger partial charge is 0.280 e. The van der Waals surface area contributed by atoms with Crippen molar-refractivity contribution in [3.63, 3.8) is 0 Å². The second kappa shape index (κ2) is 8.11. The largest absolute Gasteiger partial charge is 0.456 e. The fourth-order valence-electron chi connectivity index (χ4n) is 2.57. The van der Waals surface area contributed by atoms with Crippen molar-refractivity contribution in [3.05, 3.63) is 72.6 Å². The van der Waals surface area contributed by atoms with E-state index in [1.165, 1.54) is 18.2 Å². The number of aromatic nitrogens is 1. The molecule has 0 aliphatic rings. The molecule has 0 atom stereocenters. The standard InChI is InChI=1S/C20H18N4O4S/c1-29(26,27)18-11-14(19(25)24-20(21)22)6-9-17(18)28-16-7-4-13(5-8-16)15-3-2-10-23-12-15/h2-12H,1H3,(H4,21,22,24,25). The quantitative estimate of drug-likeness (QED) is 0.486. The van der Waals surface area contributed by atoms with E-state index < -0.39 is 21.7 Å². The van der Waals surface area contributed by atoms with Crippen LogP contribution in [0.2, 0.25) is 0 Å². The molecule has 1 aromatic heterocycles. The number of nitrogens with zero attached hydrogens (tertiary/aromatic N) is 2. The number of aliphatic imine (C=N–C) groups is 1. The van der Waals surface area contributed by atoms with Crippen molar-refractivity contribution in [2.24, 2.45) is 16.5 Å². The van der Waals surface area contributed by atoms with Crippen LogP contribution in [0, 0.1) is 0 Å². The van der Waals surface area contributed by atoms with Crippen molar-refractivity contribution in [1.29, 1.82) is 0 Å². The Morgan fingerprint density at radius 2 is 1.76 bits per heavy atom. The lowest BCUT2D eigenvalue weighted by atomic mass is 10.1. The van der Waals surface area contributed by atoms with Gasteiger partial charge in [-0.1, -0.05) is 18.2 Å². The number of pyridine rings is 1. The van der Waals surface area contributed by atoms with Gasteiger partial charge >= 0.3 is 0 Å². The Kier molecular flexibility index (Phi) is 5.60. The first-order valence-corrected chi connectivity index (χ1v) is 10.3. The van der Waals surface area contributed by atoms with Crippen LogP contribution in [0.4, 0.5) is 0 Å². The van der Waals surface area contributed by atoms with Gasteiger partial charge < -0.3 is 16.2 Å². The number of rotatable bonds is 5. The molecule has 0 bridgehead atoms. The number of ether oxygens (including phenoxy) is 1. The molecule has 0 aliphatic carbocycles. The number of amides is 1. The van der Waals surface area contributed by atoms with Gasteiger partial charge in [0, 0.05) is 24.2 Å². The van der Waals surface area contributed by atoms with Crippen molar-refractivity contribution in [2.75, 3.05) is 6.26 Å². The second-order valence-electron chi connectivity index (χ2n) is 6.14. The molecule has 9 heteroatoms. The molecule has 3 aromatic rings. The Balaban J connectivity index is 1.92. The zero-order chi connectivity index (χ0) is 21.0. The van der Waals surface area contributed by atoms with Crippen LogP contribution in [-0.2, 0) is 9.84 Å². The van der Waals surface area contributed by atoms with Crippen LogP contribution in [0.3, 0.4) is 0 Å². The third kappa shape index (κ3) is 4.96. The molecule has 0 radical (unpaired) electrons. The van der Waals surface area contributed by atoms with E-state index in [1.807, 2.05) is 24.3 Å². The lowest BCUT2D eigenvalue weighted by Crippen LogP contribution is -2.24. The Bertz CT molecular complexity index is 1170. The van der Waals surface area contributed by atoms with E-state index in [2.05, 4.69) is 9.98 Å². The van der Waals surface area contributed by atoms with Gasteiger partial charge in [-0.15, -0.1) is 0 Å². The summed E-state index contributed by atoms with van der Waals surface area (Å²) in [4.78, 5) is 19.3. The molecule has 0 saturated carbocycles. The van der Waals surface area contributed by atoms with Crippen molar-refractivity contribution >= 4 is 21.7 Å². The normalized spacial score (nSPS) is 10.9. The molecule has 4 N–H and O–H groups in total. The summed E-state index contributed by atoms with van der Waals surface area (Å²) in [6.07, 6.45) is 4.45. The van der Waals surface area contributed by atoms with Gasteiger partial charge in [0.2, 0.25) is 0 Å². The number of hydrogen-bond donors (Lipinski definition) is 2. The van der Waals surface area contributed by atoms with Crippen molar-refractivity contribution in [3.8, 4) is 22.6 Å². The summed E-state index contributed by atoms with van der Waals surface area (Å²) >= 11 is 0. The zero-order valence-electron chi connectivity index (χ0n) is 15.4. The fourth-order valence-corrected chi connectivity index (χ4v) is 3.39. The first-order chi connectivity index (χ1) is 13.7. The highest BCUT2D eigenvalue weighted by Gasteiger charge is 2.18. The number of carbonyl (C=O) groups excluding carboxylic acids is 1. The maximum atomic E-state index is 12.2. The number of hydrogen-bond acceptors (Lipinski definition) is 5. The van der Waals surface area contributed by atoms with E-state index in [1.54, 1.807) is 24.5 Å². The minimum absolute atomic E-state index is 0.0260. The molecule has 0 spiro atoms. The highest BCUT2D eigenvalue weighted by Crippen LogP contribution is 2.31. The lowest BCUT2D eigenvalue weighted by Gasteiger charge is -2.12. The van der Waals surface area contributed by atoms with Gasteiger partial charge in [-0.25, -0.2) is 8.42 Å². The van der Waals surface area contributed by atoms with E-state index in [0.717, 1.165) is 17.4 Å². The number of carbonyl (C=O) groups is 1. The number of guanidine groups is 1. The Morgan fingerprint density at radius 1 is 1.03 bits per heavy atom. The summed E-state index contributed by atoms with van der Waals surface area (Å²) in [5.74, 6) is -0.638. The van der Waals surface area contributed by atoms with Crippen LogP contribution in [0.15, 0.2) is 76.9 Å². The maximum absolute atomic E-state index is 12.2. The van der Waals surface area contributed by atoms with E-state index >= 15 is 0 Å². The minimum atomic E-state index is -3.69. The molecule has 0 aliphatic heterocycles. The number of sulfone groups is 1. The first-order valence-electron chi connectivity index (χ1n) is 8.40. The molecule has 0 saturated heterocycles. The van der Waals surface area contributed by atoms with Gasteiger partial charge in [-0.2, -0.15) is 4.99 Å². The lowest BCUT2D eigenvalue weighted by molar-refractivity contribution is 0.100. The van der Waals surface area contributed by atoms with Gasteiger partial charge in [-0.3, -0.25) is 9.78 Å². The molecule has 1 amide bonds. The summed E-state index contributed by atoms with van der Waals surface area (Å²) < 4.78 is 30.1. The molecule has 1 heterocycles. The molecule has 8 nitrogen and oxygen atoms in total. The van der Waals surface area contributed by atoms with Crippen LogP contribution in [0.5, 0.6) is 11.5 Å². The van der Waals surface area contributed by atoms with Crippen molar-refractivity contribution in [1.82, 2.24) is 4.98 Å². The zero-order valence-corrected chi connectivity index (χ0v) is 16.3. The minimum Gasteiger partial charge on any atom is -0.456 e. The molecular formula is C20H18N4O4S. The molecule has 0 fully saturated rings. The summed E-state index contributed by atoms with van der Waals surface area (Å²) in [5.41, 5.74) is 12.3. The topological polar surface area (TPSA) is 138 Å². The Hall–Kier alpha value is -3.72. The van der Waals surface area contributed by atoms with Crippen molar-refractivity contribution < 1.29 is 17.9 Å². The number of nitrogens with two attached hydrogens (primary N) is 2. The van der Waals surface area contributed by atoms with E-state index in [4.69, 9.17) is 16.2 Å². The summed E-state index contributed by atoms with van der Waals surface area (Å²) in [6.45, 7) is 0. The summed E-state index contributed by atoms with van der Waals surface area (Å²) in [6, 6.07) is 14.8. The average molecular weight is 410 g/mol. The van der Waals surface area contributed by atoms with Crippen LogP contribution in [0.25, 0.3) is 11.1 Å². The molecule has 148 valence electrons. The van der Waals surface area contributed by atoms with E-state index in [9.17, 15) is 13.2 Å². The van der Waals surface area contributed by atoms with Crippen LogP contribution in [0.1, 0.15) is 10.4 Å². The molecule has 0 unspecified atom stereocenters. The molecule has 2 aromatic carbocycles. The van der Waals surface area contributed by atoms with E-state index in [-0.39, 0.29) is 16.2 Å². The SMILES string of the molecule is CS(=O)(=O)c1cc(C(=O)N=C(N)N)ccc1Oc1ccc(-c2cccnc2)cc1. The van der Waals surface area contributed by atoms with Gasteiger partial charge in [0.1, 0.15) is 16.4 Å². The van der Waals surface area contributed by atoms with Crippen LogP contribution >= 0.6 is 0 Å².